The van der Waals surface area contributed by atoms with Crippen LogP contribution in [0.1, 0.15) is 25.3 Å². The summed E-state index contributed by atoms with van der Waals surface area (Å²) in [6.45, 7) is 4.80. The minimum absolute atomic E-state index is 0.0492. The van der Waals surface area contributed by atoms with E-state index in [4.69, 9.17) is 10.5 Å². The minimum Gasteiger partial charge on any atom is -0.494 e. The van der Waals surface area contributed by atoms with Gasteiger partial charge in [0, 0.05) is 12.0 Å². The molecule has 0 saturated carbocycles. The average molecular weight is 221 g/mol. The first-order valence-corrected chi connectivity index (χ1v) is 5.71. The molecule has 1 heterocycles. The maximum atomic E-state index is 6.01. The molecule has 0 spiro atoms. The van der Waals surface area contributed by atoms with Gasteiger partial charge in [-0.05, 0) is 31.5 Å². The maximum Gasteiger partial charge on any atom is 0.119 e. The molecule has 88 valence electrons. The molecule has 0 aliphatic carbocycles. The molecule has 4 nitrogen and oxygen atoms in total. The van der Waals surface area contributed by atoms with E-state index >= 15 is 0 Å². The van der Waals surface area contributed by atoms with Gasteiger partial charge in [0.05, 0.1) is 12.8 Å². The van der Waals surface area contributed by atoms with Crippen LogP contribution in [0, 0.1) is 0 Å². The van der Waals surface area contributed by atoms with Crippen LogP contribution in [-0.4, -0.2) is 18.8 Å². The standard InChI is InChI=1S/C12H19N3O/c1-3-16-10-6-4-5-9(7-10)11-8(2)14-15-12(11)13/h4-8,11-12,14-15H,3,13H2,1-2H3. The van der Waals surface area contributed by atoms with Crippen molar-refractivity contribution in [1.29, 1.82) is 0 Å². The summed E-state index contributed by atoms with van der Waals surface area (Å²) >= 11 is 0. The van der Waals surface area contributed by atoms with Gasteiger partial charge in [-0.2, -0.15) is 0 Å². The predicted octanol–water partition coefficient (Wildman–Crippen LogP) is 0.950. The molecular weight excluding hydrogens is 202 g/mol. The van der Waals surface area contributed by atoms with Crippen molar-refractivity contribution in [3.05, 3.63) is 29.8 Å². The highest BCUT2D eigenvalue weighted by Gasteiger charge is 2.31. The molecule has 1 aromatic rings. The van der Waals surface area contributed by atoms with Crippen LogP contribution in [0.3, 0.4) is 0 Å². The molecule has 3 atom stereocenters. The van der Waals surface area contributed by atoms with Gasteiger partial charge in [-0.15, -0.1) is 0 Å². The van der Waals surface area contributed by atoms with Crippen molar-refractivity contribution in [2.24, 2.45) is 5.73 Å². The zero-order chi connectivity index (χ0) is 11.5. The number of benzene rings is 1. The van der Waals surface area contributed by atoms with Crippen LogP contribution in [0.25, 0.3) is 0 Å². The second-order valence-electron chi connectivity index (χ2n) is 4.13. The van der Waals surface area contributed by atoms with E-state index in [1.165, 1.54) is 5.56 Å². The third-order valence-electron chi connectivity index (χ3n) is 2.96. The molecule has 0 aromatic heterocycles. The number of hydrogen-bond donors (Lipinski definition) is 3. The first-order valence-electron chi connectivity index (χ1n) is 5.71. The van der Waals surface area contributed by atoms with Crippen molar-refractivity contribution in [3.63, 3.8) is 0 Å². The number of nitrogens with two attached hydrogens (primary N) is 1. The molecule has 0 bridgehead atoms. The van der Waals surface area contributed by atoms with Crippen molar-refractivity contribution in [3.8, 4) is 5.75 Å². The summed E-state index contributed by atoms with van der Waals surface area (Å²) in [7, 11) is 0. The molecule has 1 aromatic carbocycles. The van der Waals surface area contributed by atoms with Crippen LogP contribution < -0.4 is 21.3 Å². The van der Waals surface area contributed by atoms with Gasteiger partial charge in [-0.1, -0.05) is 12.1 Å². The van der Waals surface area contributed by atoms with Crippen molar-refractivity contribution in [2.45, 2.75) is 32.0 Å². The van der Waals surface area contributed by atoms with E-state index in [0.29, 0.717) is 12.6 Å². The molecule has 1 aliphatic heterocycles. The molecule has 2 rings (SSSR count). The Morgan fingerprint density at radius 3 is 2.81 bits per heavy atom. The second-order valence-corrected chi connectivity index (χ2v) is 4.13. The van der Waals surface area contributed by atoms with Crippen LogP contribution in [0.15, 0.2) is 24.3 Å². The highest BCUT2D eigenvalue weighted by Crippen LogP contribution is 2.27. The number of nitrogens with one attached hydrogen (secondary N) is 2. The SMILES string of the molecule is CCOc1cccc(C2C(C)NNC2N)c1. The van der Waals surface area contributed by atoms with E-state index < -0.39 is 0 Å². The van der Waals surface area contributed by atoms with E-state index in [9.17, 15) is 0 Å². The topological polar surface area (TPSA) is 59.3 Å². The first kappa shape index (κ1) is 11.4. The Morgan fingerprint density at radius 1 is 1.38 bits per heavy atom. The Labute approximate surface area is 96.1 Å². The van der Waals surface area contributed by atoms with Crippen LogP contribution in [0.5, 0.6) is 5.75 Å². The van der Waals surface area contributed by atoms with Crippen molar-refractivity contribution < 1.29 is 4.74 Å². The van der Waals surface area contributed by atoms with Crippen molar-refractivity contribution in [2.75, 3.05) is 6.61 Å². The summed E-state index contributed by atoms with van der Waals surface area (Å²) in [5.41, 5.74) is 13.4. The zero-order valence-corrected chi connectivity index (χ0v) is 9.73. The van der Waals surface area contributed by atoms with Crippen LogP contribution >= 0.6 is 0 Å². The molecule has 0 amide bonds. The monoisotopic (exact) mass is 221 g/mol. The summed E-state index contributed by atoms with van der Waals surface area (Å²) in [5, 5.41) is 0. The Morgan fingerprint density at radius 2 is 2.19 bits per heavy atom. The molecule has 1 aliphatic rings. The molecule has 1 saturated heterocycles. The third kappa shape index (κ3) is 2.19. The van der Waals surface area contributed by atoms with Gasteiger partial charge < -0.3 is 10.5 Å². The lowest BCUT2D eigenvalue weighted by molar-refractivity contribution is 0.339. The van der Waals surface area contributed by atoms with Gasteiger partial charge >= 0.3 is 0 Å². The van der Waals surface area contributed by atoms with E-state index in [2.05, 4.69) is 29.9 Å². The van der Waals surface area contributed by atoms with E-state index in [1.54, 1.807) is 0 Å². The maximum absolute atomic E-state index is 6.01. The number of hydrazine groups is 1. The molecule has 16 heavy (non-hydrogen) atoms. The fourth-order valence-electron chi connectivity index (χ4n) is 2.19. The quantitative estimate of drug-likeness (QED) is 0.711. The second kappa shape index (κ2) is 4.82. The van der Waals surface area contributed by atoms with Gasteiger partial charge in [0.25, 0.3) is 0 Å². The Kier molecular flexibility index (Phi) is 3.43. The summed E-state index contributed by atoms with van der Waals surface area (Å²) in [5.74, 6) is 1.19. The highest BCUT2D eigenvalue weighted by atomic mass is 16.5. The van der Waals surface area contributed by atoms with E-state index in [1.807, 2.05) is 19.1 Å². The molecule has 0 radical (unpaired) electrons. The summed E-state index contributed by atoms with van der Waals surface area (Å²) < 4.78 is 5.49. The van der Waals surface area contributed by atoms with Crippen molar-refractivity contribution >= 4 is 0 Å². The largest absolute Gasteiger partial charge is 0.494 e. The molecule has 3 unspecified atom stereocenters. The lowest BCUT2D eigenvalue weighted by atomic mass is 9.92. The fraction of sp³-hybridized carbons (Fsp3) is 0.500. The minimum atomic E-state index is -0.0492. The predicted molar refractivity (Wildman–Crippen MR) is 64.1 cm³/mol. The van der Waals surface area contributed by atoms with Gasteiger partial charge in [-0.25, -0.2) is 5.43 Å². The van der Waals surface area contributed by atoms with E-state index in [0.717, 1.165) is 5.75 Å². The fourth-order valence-corrected chi connectivity index (χ4v) is 2.19. The van der Waals surface area contributed by atoms with Gasteiger partial charge in [0.15, 0.2) is 0 Å². The van der Waals surface area contributed by atoms with Crippen molar-refractivity contribution in [1.82, 2.24) is 10.9 Å². The summed E-state index contributed by atoms with van der Waals surface area (Å²) in [6, 6.07) is 8.47. The molecule has 4 N–H and O–H groups in total. The van der Waals surface area contributed by atoms with Crippen LogP contribution in [0.2, 0.25) is 0 Å². The van der Waals surface area contributed by atoms with Crippen LogP contribution in [-0.2, 0) is 0 Å². The van der Waals surface area contributed by atoms with Crippen LogP contribution in [0.4, 0.5) is 0 Å². The Balaban J connectivity index is 2.22. The summed E-state index contributed by atoms with van der Waals surface area (Å²) in [6.07, 6.45) is -0.0492. The number of hydrogen-bond acceptors (Lipinski definition) is 4. The lowest BCUT2D eigenvalue weighted by Gasteiger charge is -2.18. The first-order chi connectivity index (χ1) is 7.72. The number of ether oxygens (including phenoxy) is 1. The molecular formula is C12H19N3O. The van der Waals surface area contributed by atoms with Gasteiger partial charge in [-0.3, -0.25) is 5.43 Å². The average Bonchev–Trinajstić information content (AvgIpc) is 2.59. The molecule has 1 fully saturated rings. The molecule has 4 heteroatoms. The lowest BCUT2D eigenvalue weighted by Crippen LogP contribution is -2.38. The normalized spacial score (nSPS) is 29.3. The van der Waals surface area contributed by atoms with Gasteiger partial charge in [0.2, 0.25) is 0 Å². The zero-order valence-electron chi connectivity index (χ0n) is 9.73. The third-order valence-corrected chi connectivity index (χ3v) is 2.96. The summed E-state index contributed by atoms with van der Waals surface area (Å²) in [4.78, 5) is 0. The Hall–Kier alpha value is -1.10. The van der Waals surface area contributed by atoms with Gasteiger partial charge in [0.1, 0.15) is 5.75 Å². The highest BCUT2D eigenvalue weighted by molar-refractivity contribution is 5.33. The number of rotatable bonds is 3. The Bertz CT molecular complexity index is 346. The van der Waals surface area contributed by atoms with E-state index in [-0.39, 0.29) is 12.1 Å². The smallest absolute Gasteiger partial charge is 0.119 e.